The molecule has 3 aliphatic rings. The van der Waals surface area contributed by atoms with Crippen molar-refractivity contribution in [3.05, 3.63) is 0 Å². The minimum Gasteiger partial charge on any atom is -0.375 e. The molecule has 0 radical (unpaired) electrons. The molecule has 0 saturated carbocycles. The third-order valence-electron chi connectivity index (χ3n) is 8.29. The van der Waals surface area contributed by atoms with Crippen molar-refractivity contribution in [1.29, 1.82) is 0 Å². The van der Waals surface area contributed by atoms with Crippen molar-refractivity contribution >= 4 is 0 Å². The average molecular weight is 472 g/mol. The van der Waals surface area contributed by atoms with Crippen LogP contribution in [0.5, 0.6) is 0 Å². The van der Waals surface area contributed by atoms with Gasteiger partial charge in [0.05, 0.1) is 12.2 Å². The number of hydrogen-bond acceptors (Lipinski definition) is 4. The van der Waals surface area contributed by atoms with Gasteiger partial charge in [-0.2, -0.15) is 0 Å². The van der Waals surface area contributed by atoms with Gasteiger partial charge in [0.15, 0.2) is 0 Å². The average Bonchev–Trinajstić information content (AvgIpc) is 2.73. The Morgan fingerprint density at radius 2 is 1.18 bits per heavy atom. The predicted molar refractivity (Wildman–Crippen MR) is 133 cm³/mol. The fourth-order valence-corrected chi connectivity index (χ4v) is 6.01. The van der Waals surface area contributed by atoms with Gasteiger partial charge in [-0.15, -0.1) is 0 Å². The van der Waals surface area contributed by atoms with Gasteiger partial charge in [0.1, 0.15) is 0 Å². The van der Waals surface area contributed by atoms with Gasteiger partial charge >= 0.3 is 0 Å². The van der Waals surface area contributed by atoms with Crippen molar-refractivity contribution < 1.29 is 13.5 Å². The predicted octanol–water partition coefficient (Wildman–Crippen LogP) is 5.37. The molecule has 0 spiro atoms. The Kier molecular flexibility index (Phi) is 9.24. The zero-order valence-corrected chi connectivity index (χ0v) is 22.3. The first-order valence-electron chi connectivity index (χ1n) is 13.6. The van der Waals surface area contributed by atoms with E-state index in [-0.39, 0.29) is 11.1 Å². The molecule has 0 N–H and O–H groups in total. The summed E-state index contributed by atoms with van der Waals surface area (Å²) >= 11 is 0. The molecule has 0 bridgehead atoms. The molecule has 0 aromatic carbocycles. The van der Waals surface area contributed by atoms with Crippen molar-refractivity contribution in [3.63, 3.8) is 0 Å². The van der Waals surface area contributed by atoms with Crippen LogP contribution in [-0.4, -0.2) is 90.7 Å². The third-order valence-corrected chi connectivity index (χ3v) is 8.29. The first kappa shape index (κ1) is 27.3. The standard InChI is InChI=1S/C27H51F2N3O/c1-25(2,3)32-17-7-22(8-18-32)21-31-15-11-24(12-16-31)27(28,29)23-9-13-30(14-10-23)19-20-33-26(4,5)6/h22-24H,7-21H2,1-6H3. The smallest absolute Gasteiger partial charge is 0.253 e. The van der Waals surface area contributed by atoms with Crippen LogP contribution in [0.2, 0.25) is 0 Å². The molecule has 0 aromatic heterocycles. The molecule has 0 amide bonds. The van der Waals surface area contributed by atoms with Crippen LogP contribution < -0.4 is 0 Å². The van der Waals surface area contributed by atoms with Crippen molar-refractivity contribution in [2.24, 2.45) is 17.8 Å². The van der Waals surface area contributed by atoms with Gasteiger partial charge in [0.2, 0.25) is 0 Å². The van der Waals surface area contributed by atoms with Crippen LogP contribution in [0.25, 0.3) is 0 Å². The molecule has 0 aromatic rings. The van der Waals surface area contributed by atoms with Crippen LogP contribution in [0, 0.1) is 17.8 Å². The lowest BCUT2D eigenvalue weighted by Crippen LogP contribution is -2.50. The summed E-state index contributed by atoms with van der Waals surface area (Å²) in [6, 6.07) is 0. The molecule has 3 fully saturated rings. The van der Waals surface area contributed by atoms with E-state index in [1.165, 1.54) is 25.9 Å². The van der Waals surface area contributed by atoms with Crippen LogP contribution in [-0.2, 0) is 4.74 Å². The van der Waals surface area contributed by atoms with E-state index in [9.17, 15) is 0 Å². The molecular formula is C27H51F2N3O. The highest BCUT2D eigenvalue weighted by Gasteiger charge is 2.48. The van der Waals surface area contributed by atoms with Crippen molar-refractivity contribution in [2.75, 3.05) is 59.0 Å². The monoisotopic (exact) mass is 471 g/mol. The van der Waals surface area contributed by atoms with Crippen LogP contribution >= 0.6 is 0 Å². The first-order chi connectivity index (χ1) is 15.3. The zero-order valence-electron chi connectivity index (χ0n) is 22.3. The minimum absolute atomic E-state index is 0.135. The number of piperidine rings is 3. The lowest BCUT2D eigenvalue weighted by atomic mass is 9.79. The van der Waals surface area contributed by atoms with Gasteiger partial charge in [-0.3, -0.25) is 4.90 Å². The summed E-state index contributed by atoms with van der Waals surface area (Å²) in [6.45, 7) is 21.3. The molecule has 0 aliphatic carbocycles. The molecule has 0 unspecified atom stereocenters. The lowest BCUT2D eigenvalue weighted by Gasteiger charge is -2.44. The number of rotatable bonds is 7. The largest absolute Gasteiger partial charge is 0.375 e. The van der Waals surface area contributed by atoms with Gasteiger partial charge in [0, 0.05) is 30.5 Å². The van der Waals surface area contributed by atoms with E-state index in [1.54, 1.807) is 0 Å². The van der Waals surface area contributed by atoms with Gasteiger partial charge in [-0.05, 0) is 125 Å². The fraction of sp³-hybridized carbons (Fsp3) is 1.00. The molecule has 3 saturated heterocycles. The number of ether oxygens (including phenoxy) is 1. The fourth-order valence-electron chi connectivity index (χ4n) is 6.01. The van der Waals surface area contributed by atoms with Crippen molar-refractivity contribution in [1.82, 2.24) is 14.7 Å². The highest BCUT2D eigenvalue weighted by molar-refractivity contribution is 4.91. The Bertz CT molecular complexity index is 577. The van der Waals surface area contributed by atoms with E-state index in [0.717, 1.165) is 45.2 Å². The van der Waals surface area contributed by atoms with Crippen LogP contribution in [0.1, 0.15) is 80.1 Å². The summed E-state index contributed by atoms with van der Waals surface area (Å²) in [7, 11) is 0. The van der Waals surface area contributed by atoms with Crippen molar-refractivity contribution in [2.45, 2.75) is 97.1 Å². The van der Waals surface area contributed by atoms with Gasteiger partial charge in [-0.25, -0.2) is 8.78 Å². The number of halogens is 2. The molecule has 4 nitrogen and oxygen atoms in total. The number of hydrogen-bond donors (Lipinski definition) is 0. The Morgan fingerprint density at radius 3 is 1.64 bits per heavy atom. The van der Waals surface area contributed by atoms with Crippen LogP contribution in [0.15, 0.2) is 0 Å². The summed E-state index contributed by atoms with van der Waals surface area (Å²) in [5.74, 6) is -2.67. The first-order valence-corrected chi connectivity index (χ1v) is 13.6. The van der Waals surface area contributed by atoms with E-state index in [0.29, 0.717) is 32.3 Å². The highest BCUT2D eigenvalue weighted by atomic mass is 19.3. The Morgan fingerprint density at radius 1 is 0.697 bits per heavy atom. The van der Waals surface area contributed by atoms with Crippen molar-refractivity contribution in [3.8, 4) is 0 Å². The molecule has 194 valence electrons. The summed E-state index contributed by atoms with van der Waals surface area (Å²) < 4.78 is 36.6. The second kappa shape index (κ2) is 11.2. The normalized spacial score (nSPS) is 25.1. The van der Waals surface area contributed by atoms with Crippen LogP contribution in [0.3, 0.4) is 0 Å². The molecule has 33 heavy (non-hydrogen) atoms. The Labute approximate surface area is 202 Å². The van der Waals surface area contributed by atoms with Gasteiger partial charge < -0.3 is 14.5 Å². The second-order valence-corrected chi connectivity index (χ2v) is 12.9. The molecule has 6 heteroatoms. The van der Waals surface area contributed by atoms with E-state index < -0.39 is 17.8 Å². The summed E-state index contributed by atoms with van der Waals surface area (Å²) in [5.41, 5.74) is 0.120. The maximum Gasteiger partial charge on any atom is 0.253 e. The molecule has 3 aliphatic heterocycles. The lowest BCUT2D eigenvalue weighted by molar-refractivity contribution is -0.138. The number of likely N-dealkylation sites (tertiary alicyclic amines) is 3. The summed E-state index contributed by atoms with van der Waals surface area (Å²) in [5, 5.41) is 0. The molecule has 3 rings (SSSR count). The molecule has 0 atom stereocenters. The second-order valence-electron chi connectivity index (χ2n) is 12.9. The maximum atomic E-state index is 15.4. The van der Waals surface area contributed by atoms with Gasteiger partial charge in [-0.1, -0.05) is 0 Å². The minimum atomic E-state index is -2.52. The summed E-state index contributed by atoms with van der Waals surface area (Å²) in [6.07, 6.45) is 5.05. The number of alkyl halides is 2. The number of nitrogens with zero attached hydrogens (tertiary/aromatic N) is 3. The zero-order chi connectivity index (χ0) is 24.3. The molecule has 3 heterocycles. The van der Waals surface area contributed by atoms with E-state index in [4.69, 9.17) is 4.74 Å². The third kappa shape index (κ3) is 8.12. The Balaban J connectivity index is 1.36. The molecular weight excluding hydrogens is 420 g/mol. The maximum absolute atomic E-state index is 15.4. The highest BCUT2D eigenvalue weighted by Crippen LogP contribution is 2.43. The van der Waals surface area contributed by atoms with E-state index in [1.807, 2.05) is 0 Å². The van der Waals surface area contributed by atoms with E-state index in [2.05, 4.69) is 56.2 Å². The van der Waals surface area contributed by atoms with Crippen LogP contribution in [0.4, 0.5) is 8.78 Å². The Hall–Kier alpha value is -0.300. The van der Waals surface area contributed by atoms with Gasteiger partial charge in [0.25, 0.3) is 5.92 Å². The summed E-state index contributed by atoms with van der Waals surface area (Å²) in [4.78, 5) is 7.35. The quantitative estimate of drug-likeness (QED) is 0.497. The topological polar surface area (TPSA) is 19.0 Å². The van der Waals surface area contributed by atoms with E-state index >= 15 is 8.78 Å². The SMILES string of the molecule is CC(C)(C)OCCN1CCC(C(F)(F)C2CCN(CC3CCN(C(C)(C)C)CC3)CC2)CC1.